The highest BCUT2D eigenvalue weighted by atomic mass is 16.5. The van der Waals surface area contributed by atoms with E-state index in [-0.39, 0.29) is 5.56 Å². The largest absolute Gasteiger partial charge is 0.377 e. The average Bonchev–Trinajstić information content (AvgIpc) is 2.92. The SMILES string of the molecule is O=c1[nH]c(CNC[C@H]2CCCO2)nc2ccccc12. The Hall–Kier alpha value is -1.72. The summed E-state index contributed by atoms with van der Waals surface area (Å²) in [7, 11) is 0. The highest BCUT2D eigenvalue weighted by Crippen LogP contribution is 2.10. The zero-order valence-corrected chi connectivity index (χ0v) is 10.7. The monoisotopic (exact) mass is 259 g/mol. The summed E-state index contributed by atoms with van der Waals surface area (Å²) in [6, 6.07) is 7.37. The molecule has 100 valence electrons. The molecular formula is C14H17N3O2. The number of nitrogens with zero attached hydrogens (tertiary/aromatic N) is 1. The smallest absolute Gasteiger partial charge is 0.258 e. The lowest BCUT2D eigenvalue weighted by Gasteiger charge is -2.10. The molecule has 0 radical (unpaired) electrons. The van der Waals surface area contributed by atoms with Crippen LogP contribution in [-0.2, 0) is 11.3 Å². The zero-order chi connectivity index (χ0) is 13.1. The van der Waals surface area contributed by atoms with Gasteiger partial charge in [-0.15, -0.1) is 0 Å². The summed E-state index contributed by atoms with van der Waals surface area (Å²) in [4.78, 5) is 19.1. The van der Waals surface area contributed by atoms with Gasteiger partial charge in [-0.25, -0.2) is 4.98 Å². The molecule has 5 heteroatoms. The summed E-state index contributed by atoms with van der Waals surface area (Å²) in [6.45, 7) is 2.22. The van der Waals surface area contributed by atoms with E-state index in [2.05, 4.69) is 15.3 Å². The van der Waals surface area contributed by atoms with E-state index in [9.17, 15) is 4.79 Å². The van der Waals surface area contributed by atoms with Crippen molar-refractivity contribution in [2.45, 2.75) is 25.5 Å². The van der Waals surface area contributed by atoms with Crippen molar-refractivity contribution in [2.24, 2.45) is 0 Å². The van der Waals surface area contributed by atoms with Crippen LogP contribution in [0.5, 0.6) is 0 Å². The maximum Gasteiger partial charge on any atom is 0.258 e. The van der Waals surface area contributed by atoms with Crippen LogP contribution in [0.4, 0.5) is 0 Å². The van der Waals surface area contributed by atoms with Crippen molar-refractivity contribution in [3.8, 4) is 0 Å². The molecule has 1 aromatic heterocycles. The Morgan fingerprint density at radius 2 is 2.32 bits per heavy atom. The molecule has 5 nitrogen and oxygen atoms in total. The molecule has 1 aliphatic heterocycles. The molecule has 0 aliphatic carbocycles. The fourth-order valence-corrected chi connectivity index (χ4v) is 2.38. The molecule has 2 N–H and O–H groups in total. The molecule has 0 unspecified atom stereocenters. The predicted molar refractivity (Wildman–Crippen MR) is 73.0 cm³/mol. The first-order valence-corrected chi connectivity index (χ1v) is 6.63. The number of aromatic nitrogens is 2. The lowest BCUT2D eigenvalue weighted by atomic mass is 10.2. The second-order valence-corrected chi connectivity index (χ2v) is 4.80. The Morgan fingerprint density at radius 1 is 1.42 bits per heavy atom. The molecule has 1 aliphatic rings. The van der Waals surface area contributed by atoms with Gasteiger partial charge in [0, 0.05) is 13.2 Å². The number of benzene rings is 1. The molecular weight excluding hydrogens is 242 g/mol. The van der Waals surface area contributed by atoms with Gasteiger partial charge < -0.3 is 15.0 Å². The highest BCUT2D eigenvalue weighted by Gasteiger charge is 2.14. The molecule has 1 aromatic carbocycles. The number of nitrogens with one attached hydrogen (secondary N) is 2. The Morgan fingerprint density at radius 3 is 3.16 bits per heavy atom. The van der Waals surface area contributed by atoms with E-state index in [0.29, 0.717) is 23.9 Å². The minimum Gasteiger partial charge on any atom is -0.377 e. The number of para-hydroxylation sites is 1. The summed E-state index contributed by atoms with van der Waals surface area (Å²) in [5.74, 6) is 0.668. The lowest BCUT2D eigenvalue weighted by molar-refractivity contribution is 0.110. The molecule has 3 rings (SSSR count). The summed E-state index contributed by atoms with van der Waals surface area (Å²) < 4.78 is 5.53. The van der Waals surface area contributed by atoms with Crippen LogP contribution in [0.2, 0.25) is 0 Å². The van der Waals surface area contributed by atoms with E-state index >= 15 is 0 Å². The van der Waals surface area contributed by atoms with Gasteiger partial charge in [-0.3, -0.25) is 4.79 Å². The summed E-state index contributed by atoms with van der Waals surface area (Å²) in [5.41, 5.74) is 0.652. The van der Waals surface area contributed by atoms with E-state index in [1.54, 1.807) is 6.07 Å². The van der Waals surface area contributed by atoms with Crippen LogP contribution in [0, 0.1) is 0 Å². The molecule has 0 spiro atoms. The minimum absolute atomic E-state index is 0.0838. The maximum absolute atomic E-state index is 11.9. The van der Waals surface area contributed by atoms with Crippen molar-refractivity contribution in [2.75, 3.05) is 13.2 Å². The Balaban J connectivity index is 1.69. The van der Waals surface area contributed by atoms with Gasteiger partial charge in [0.15, 0.2) is 0 Å². The van der Waals surface area contributed by atoms with Crippen molar-refractivity contribution < 1.29 is 4.74 Å². The van der Waals surface area contributed by atoms with E-state index < -0.39 is 0 Å². The van der Waals surface area contributed by atoms with Crippen LogP contribution < -0.4 is 10.9 Å². The quantitative estimate of drug-likeness (QED) is 0.865. The lowest BCUT2D eigenvalue weighted by Crippen LogP contribution is -2.27. The van der Waals surface area contributed by atoms with E-state index in [1.165, 1.54) is 0 Å². The van der Waals surface area contributed by atoms with Crippen LogP contribution in [0.15, 0.2) is 29.1 Å². The van der Waals surface area contributed by atoms with Gasteiger partial charge in [0.2, 0.25) is 0 Å². The third kappa shape index (κ3) is 2.83. The minimum atomic E-state index is -0.0838. The number of fused-ring (bicyclic) bond motifs is 1. The van der Waals surface area contributed by atoms with E-state index in [1.807, 2.05) is 18.2 Å². The third-order valence-electron chi connectivity index (χ3n) is 3.35. The number of ether oxygens (including phenoxy) is 1. The van der Waals surface area contributed by atoms with Crippen LogP contribution >= 0.6 is 0 Å². The van der Waals surface area contributed by atoms with Gasteiger partial charge in [-0.2, -0.15) is 0 Å². The Bertz CT molecular complexity index is 617. The molecule has 2 aromatic rings. The number of H-pyrrole nitrogens is 1. The molecule has 1 saturated heterocycles. The molecule has 0 bridgehead atoms. The zero-order valence-electron chi connectivity index (χ0n) is 10.7. The first kappa shape index (κ1) is 12.3. The molecule has 19 heavy (non-hydrogen) atoms. The fourth-order valence-electron chi connectivity index (χ4n) is 2.38. The van der Waals surface area contributed by atoms with Crippen molar-refractivity contribution in [3.05, 3.63) is 40.4 Å². The summed E-state index contributed by atoms with van der Waals surface area (Å²) >= 11 is 0. The van der Waals surface area contributed by atoms with E-state index in [4.69, 9.17) is 4.74 Å². The molecule has 1 fully saturated rings. The topological polar surface area (TPSA) is 67.0 Å². The third-order valence-corrected chi connectivity index (χ3v) is 3.35. The molecule has 2 heterocycles. The number of aromatic amines is 1. The summed E-state index contributed by atoms with van der Waals surface area (Å²) in [6.07, 6.45) is 2.54. The molecule has 0 amide bonds. The van der Waals surface area contributed by atoms with Gasteiger partial charge in [-0.05, 0) is 25.0 Å². The Kier molecular flexibility index (Phi) is 3.57. The van der Waals surface area contributed by atoms with Gasteiger partial charge in [0.05, 0.1) is 23.6 Å². The highest BCUT2D eigenvalue weighted by molar-refractivity contribution is 5.77. The van der Waals surface area contributed by atoms with Crippen molar-refractivity contribution in [3.63, 3.8) is 0 Å². The fraction of sp³-hybridized carbons (Fsp3) is 0.429. The standard InChI is InChI=1S/C14H17N3O2/c18-14-11-5-1-2-6-12(11)16-13(17-14)9-15-8-10-4-3-7-19-10/h1-2,5-6,10,15H,3-4,7-9H2,(H,16,17,18)/t10-/m1/s1. The van der Waals surface area contributed by atoms with Crippen LogP contribution in [0.3, 0.4) is 0 Å². The average molecular weight is 259 g/mol. The number of hydrogen-bond acceptors (Lipinski definition) is 4. The number of hydrogen-bond donors (Lipinski definition) is 2. The summed E-state index contributed by atoms with van der Waals surface area (Å²) in [5, 5.41) is 3.91. The van der Waals surface area contributed by atoms with Gasteiger partial charge in [-0.1, -0.05) is 12.1 Å². The number of rotatable bonds is 4. The molecule has 1 atom stereocenters. The van der Waals surface area contributed by atoms with Gasteiger partial charge in [0.25, 0.3) is 5.56 Å². The van der Waals surface area contributed by atoms with E-state index in [0.717, 1.165) is 31.5 Å². The van der Waals surface area contributed by atoms with Crippen LogP contribution in [0.1, 0.15) is 18.7 Å². The van der Waals surface area contributed by atoms with Gasteiger partial charge in [0.1, 0.15) is 5.82 Å². The van der Waals surface area contributed by atoms with Crippen LogP contribution in [0.25, 0.3) is 10.9 Å². The maximum atomic E-state index is 11.9. The first-order valence-electron chi connectivity index (χ1n) is 6.63. The predicted octanol–water partition coefficient (Wildman–Crippen LogP) is 1.19. The first-order chi connectivity index (χ1) is 9.33. The molecule has 0 saturated carbocycles. The Labute approximate surface area is 111 Å². The van der Waals surface area contributed by atoms with Crippen molar-refractivity contribution in [1.29, 1.82) is 0 Å². The van der Waals surface area contributed by atoms with Crippen molar-refractivity contribution in [1.82, 2.24) is 15.3 Å². The van der Waals surface area contributed by atoms with Crippen molar-refractivity contribution >= 4 is 10.9 Å². The second-order valence-electron chi connectivity index (χ2n) is 4.80. The van der Waals surface area contributed by atoms with Gasteiger partial charge >= 0.3 is 0 Å². The van der Waals surface area contributed by atoms with Crippen LogP contribution in [-0.4, -0.2) is 29.2 Å². The second kappa shape index (κ2) is 5.50. The normalized spacial score (nSPS) is 19.1.